The number of allylic oxidation sites excluding steroid dienone is 5. The zero-order valence-corrected chi connectivity index (χ0v) is 11.3. The second-order valence-electron chi connectivity index (χ2n) is 3.30. The first-order valence-corrected chi connectivity index (χ1v) is 6.04. The van der Waals surface area contributed by atoms with E-state index in [1.54, 1.807) is 18.2 Å². The third kappa shape index (κ3) is 4.83. The average molecular weight is 243 g/mol. The molecular weight excluding hydrogens is 222 g/mol. The summed E-state index contributed by atoms with van der Waals surface area (Å²) in [7, 11) is 0. The number of amides is 1. The molecule has 0 spiro atoms. The highest BCUT2D eigenvalue weighted by Gasteiger charge is 2.02. The lowest BCUT2D eigenvalue weighted by atomic mass is 10.0. The largest absolute Gasteiger partial charge is 0.366 e. The van der Waals surface area contributed by atoms with Crippen molar-refractivity contribution in [3.8, 4) is 0 Å². The summed E-state index contributed by atoms with van der Waals surface area (Å²) in [5.41, 5.74) is 7.70. The van der Waals surface area contributed by atoms with Gasteiger partial charge in [0.25, 0.3) is 0 Å². The average Bonchev–Trinajstić information content (AvgIpc) is 2.41. The lowest BCUT2D eigenvalue weighted by Crippen LogP contribution is -2.10. The van der Waals surface area contributed by atoms with E-state index in [1.807, 2.05) is 51.1 Å². The second-order valence-corrected chi connectivity index (χ2v) is 3.30. The van der Waals surface area contributed by atoms with Crippen LogP contribution in [0.3, 0.4) is 0 Å². The summed E-state index contributed by atoms with van der Waals surface area (Å²) in [6, 6.07) is 7.22. The topological polar surface area (TPSA) is 43.1 Å². The van der Waals surface area contributed by atoms with Gasteiger partial charge in [0.2, 0.25) is 5.91 Å². The predicted molar refractivity (Wildman–Crippen MR) is 79.3 cm³/mol. The highest BCUT2D eigenvalue weighted by Crippen LogP contribution is 2.17. The standard InChI is InChI=1S/C14H15NO.C2H6/c1-3-6-11(7-4-2)12-8-5-9-13(10-12)14(15)16;1-2/h3-10H,1H2,2H3,(H2,15,16);1-2H3/b7-4-,11-6+;. The molecule has 0 fully saturated rings. The molecule has 1 aromatic rings. The molecule has 0 aliphatic rings. The lowest BCUT2D eigenvalue weighted by Gasteiger charge is -2.03. The first-order valence-electron chi connectivity index (χ1n) is 6.04. The Hall–Kier alpha value is -2.09. The molecule has 0 radical (unpaired) electrons. The number of primary amides is 1. The van der Waals surface area contributed by atoms with Crippen LogP contribution in [0.1, 0.15) is 36.7 Å². The number of hydrogen-bond acceptors (Lipinski definition) is 1. The molecule has 2 nitrogen and oxygen atoms in total. The maximum atomic E-state index is 11.1. The monoisotopic (exact) mass is 243 g/mol. The van der Waals surface area contributed by atoms with Crippen LogP contribution in [0.15, 0.2) is 55.1 Å². The van der Waals surface area contributed by atoms with Gasteiger partial charge >= 0.3 is 0 Å². The Morgan fingerprint density at radius 2 is 1.89 bits per heavy atom. The van der Waals surface area contributed by atoms with Crippen LogP contribution >= 0.6 is 0 Å². The van der Waals surface area contributed by atoms with Gasteiger partial charge in [-0.1, -0.05) is 56.9 Å². The molecule has 18 heavy (non-hydrogen) atoms. The Bertz CT molecular complexity index is 456. The molecule has 2 heteroatoms. The van der Waals surface area contributed by atoms with E-state index in [0.29, 0.717) is 5.56 Å². The summed E-state index contributed by atoms with van der Waals surface area (Å²) in [6.45, 7) is 9.60. The van der Waals surface area contributed by atoms with E-state index in [1.165, 1.54) is 0 Å². The van der Waals surface area contributed by atoms with Crippen molar-refractivity contribution in [2.45, 2.75) is 20.8 Å². The molecule has 2 N–H and O–H groups in total. The minimum atomic E-state index is -0.416. The molecule has 0 saturated carbocycles. The Balaban J connectivity index is 0.00000137. The number of hydrogen-bond donors (Lipinski definition) is 1. The minimum Gasteiger partial charge on any atom is -0.366 e. The molecule has 0 aliphatic heterocycles. The number of nitrogens with two attached hydrogens (primary N) is 1. The third-order valence-corrected chi connectivity index (χ3v) is 2.12. The smallest absolute Gasteiger partial charge is 0.248 e. The van der Waals surface area contributed by atoms with Gasteiger partial charge in [-0.05, 0) is 30.2 Å². The molecule has 1 aromatic carbocycles. The van der Waals surface area contributed by atoms with Gasteiger partial charge in [0.05, 0.1) is 0 Å². The van der Waals surface area contributed by atoms with Crippen LogP contribution in [0, 0.1) is 0 Å². The molecule has 1 amide bonds. The van der Waals surface area contributed by atoms with E-state index in [2.05, 4.69) is 6.58 Å². The normalized spacial score (nSPS) is 10.7. The molecule has 96 valence electrons. The predicted octanol–water partition coefficient (Wildman–Crippen LogP) is 3.96. The molecule has 0 atom stereocenters. The van der Waals surface area contributed by atoms with Gasteiger partial charge in [0.15, 0.2) is 0 Å². The highest BCUT2D eigenvalue weighted by atomic mass is 16.1. The van der Waals surface area contributed by atoms with Gasteiger partial charge in [-0.15, -0.1) is 0 Å². The molecule has 0 bridgehead atoms. The van der Waals surface area contributed by atoms with Crippen LogP contribution < -0.4 is 5.73 Å². The summed E-state index contributed by atoms with van der Waals surface area (Å²) >= 11 is 0. The maximum Gasteiger partial charge on any atom is 0.248 e. The van der Waals surface area contributed by atoms with Crippen molar-refractivity contribution in [2.75, 3.05) is 0 Å². The van der Waals surface area contributed by atoms with Gasteiger partial charge in [0.1, 0.15) is 0 Å². The van der Waals surface area contributed by atoms with Crippen molar-refractivity contribution < 1.29 is 4.79 Å². The van der Waals surface area contributed by atoms with E-state index in [-0.39, 0.29) is 0 Å². The first kappa shape index (κ1) is 15.9. The Labute approximate surface area is 110 Å². The minimum absolute atomic E-state index is 0.416. The molecular formula is C16H21NO. The van der Waals surface area contributed by atoms with Crippen LogP contribution in [0.2, 0.25) is 0 Å². The zero-order valence-electron chi connectivity index (χ0n) is 11.3. The van der Waals surface area contributed by atoms with Crippen molar-refractivity contribution in [3.63, 3.8) is 0 Å². The van der Waals surface area contributed by atoms with E-state index in [9.17, 15) is 4.79 Å². The molecule has 0 aromatic heterocycles. The van der Waals surface area contributed by atoms with Gasteiger partial charge < -0.3 is 5.73 Å². The molecule has 0 aliphatic carbocycles. The third-order valence-electron chi connectivity index (χ3n) is 2.12. The number of benzene rings is 1. The molecule has 0 unspecified atom stereocenters. The van der Waals surface area contributed by atoms with Gasteiger partial charge in [-0.25, -0.2) is 0 Å². The van der Waals surface area contributed by atoms with Gasteiger partial charge in [-0.2, -0.15) is 0 Å². The zero-order chi connectivity index (χ0) is 14.0. The van der Waals surface area contributed by atoms with Crippen LogP contribution in [-0.4, -0.2) is 5.91 Å². The first-order chi connectivity index (χ1) is 8.69. The number of carbonyl (C=O) groups excluding carboxylic acids is 1. The lowest BCUT2D eigenvalue weighted by molar-refractivity contribution is 0.100. The Morgan fingerprint density at radius 1 is 1.28 bits per heavy atom. The molecule has 0 saturated heterocycles. The summed E-state index contributed by atoms with van der Waals surface area (Å²) in [5.74, 6) is -0.416. The SMILES string of the molecule is C=C/C=C(\C=C/C)c1cccc(C(N)=O)c1.CC. The van der Waals surface area contributed by atoms with Crippen LogP contribution in [0.5, 0.6) is 0 Å². The van der Waals surface area contributed by atoms with Crippen molar-refractivity contribution in [2.24, 2.45) is 5.73 Å². The van der Waals surface area contributed by atoms with Crippen molar-refractivity contribution >= 4 is 11.5 Å². The van der Waals surface area contributed by atoms with Crippen molar-refractivity contribution in [3.05, 3.63) is 66.3 Å². The van der Waals surface area contributed by atoms with E-state index in [0.717, 1.165) is 11.1 Å². The number of rotatable bonds is 4. The van der Waals surface area contributed by atoms with Crippen molar-refractivity contribution in [1.82, 2.24) is 0 Å². The van der Waals surface area contributed by atoms with E-state index >= 15 is 0 Å². The van der Waals surface area contributed by atoms with Gasteiger partial charge in [-0.3, -0.25) is 4.79 Å². The van der Waals surface area contributed by atoms with E-state index < -0.39 is 5.91 Å². The second kappa shape index (κ2) is 8.99. The summed E-state index contributed by atoms with van der Waals surface area (Å²) in [5, 5.41) is 0. The Morgan fingerprint density at radius 3 is 2.39 bits per heavy atom. The fraction of sp³-hybridized carbons (Fsp3) is 0.188. The van der Waals surface area contributed by atoms with Gasteiger partial charge in [0, 0.05) is 5.56 Å². The summed E-state index contributed by atoms with van der Waals surface area (Å²) in [6.07, 6.45) is 7.50. The number of carbonyl (C=O) groups is 1. The maximum absolute atomic E-state index is 11.1. The molecule has 1 rings (SSSR count). The fourth-order valence-corrected chi connectivity index (χ4v) is 1.41. The van der Waals surface area contributed by atoms with E-state index in [4.69, 9.17) is 5.73 Å². The van der Waals surface area contributed by atoms with Crippen LogP contribution in [0.25, 0.3) is 5.57 Å². The summed E-state index contributed by atoms with van der Waals surface area (Å²) < 4.78 is 0. The fourth-order valence-electron chi connectivity index (χ4n) is 1.41. The van der Waals surface area contributed by atoms with Crippen LogP contribution in [-0.2, 0) is 0 Å². The summed E-state index contributed by atoms with van der Waals surface area (Å²) in [4.78, 5) is 11.1. The highest BCUT2D eigenvalue weighted by molar-refractivity contribution is 5.94. The Kier molecular flexibility index (Phi) is 7.95. The van der Waals surface area contributed by atoms with Crippen molar-refractivity contribution in [1.29, 1.82) is 0 Å². The quantitative estimate of drug-likeness (QED) is 0.799. The molecule has 0 heterocycles. The van der Waals surface area contributed by atoms with Crippen LogP contribution in [0.4, 0.5) is 0 Å².